The predicted octanol–water partition coefficient (Wildman–Crippen LogP) is 2.90. The molecule has 0 fully saturated rings. The molecule has 0 radical (unpaired) electrons. The molecule has 4 aromatic rings. The van der Waals surface area contributed by atoms with E-state index in [0.717, 1.165) is 11.1 Å². The van der Waals surface area contributed by atoms with Gasteiger partial charge in [-0.2, -0.15) is 5.10 Å². The zero-order valence-electron chi connectivity index (χ0n) is 11.7. The molecular formula is C16H11ClN4O. The van der Waals surface area contributed by atoms with Crippen LogP contribution in [0.5, 0.6) is 0 Å². The van der Waals surface area contributed by atoms with E-state index in [1.165, 1.54) is 0 Å². The summed E-state index contributed by atoms with van der Waals surface area (Å²) in [6, 6.07) is 11.1. The largest absolute Gasteiger partial charge is 0.296 e. The lowest BCUT2D eigenvalue weighted by Gasteiger charge is -2.05. The van der Waals surface area contributed by atoms with Gasteiger partial charge in [0.2, 0.25) is 0 Å². The first-order chi connectivity index (χ1) is 10.7. The molecule has 3 heterocycles. The molecule has 0 saturated carbocycles. The summed E-state index contributed by atoms with van der Waals surface area (Å²) in [5, 5.41) is 5.78. The molecule has 0 bridgehead atoms. The standard InChI is InChI=1S/C16H11ClN4O/c1-20-15-8-13(10-6-7-18-9-12(10)17)19-21(15)14-5-3-2-4-11(14)16(20)22/h2-9H,1H3. The van der Waals surface area contributed by atoms with Gasteiger partial charge < -0.3 is 0 Å². The maximum absolute atomic E-state index is 12.4. The summed E-state index contributed by atoms with van der Waals surface area (Å²) in [5.41, 5.74) is 2.94. The average molecular weight is 311 g/mol. The molecule has 0 aliphatic heterocycles. The number of aromatic nitrogens is 4. The van der Waals surface area contributed by atoms with Gasteiger partial charge in [0.05, 0.1) is 21.6 Å². The third kappa shape index (κ3) is 1.76. The highest BCUT2D eigenvalue weighted by atomic mass is 35.5. The van der Waals surface area contributed by atoms with E-state index >= 15 is 0 Å². The molecule has 6 heteroatoms. The van der Waals surface area contributed by atoms with Crippen LogP contribution in [0.15, 0.2) is 53.6 Å². The van der Waals surface area contributed by atoms with Crippen molar-refractivity contribution in [1.29, 1.82) is 0 Å². The molecule has 0 N–H and O–H groups in total. The number of hydrogen-bond donors (Lipinski definition) is 0. The summed E-state index contributed by atoms with van der Waals surface area (Å²) in [5.74, 6) is 0. The molecule has 5 nitrogen and oxygen atoms in total. The van der Waals surface area contributed by atoms with Crippen molar-refractivity contribution in [2.45, 2.75) is 0 Å². The number of halogens is 1. The zero-order chi connectivity index (χ0) is 15.3. The normalized spacial score (nSPS) is 11.4. The zero-order valence-corrected chi connectivity index (χ0v) is 12.4. The first-order valence-electron chi connectivity index (χ1n) is 6.74. The van der Waals surface area contributed by atoms with Crippen LogP contribution in [0.2, 0.25) is 5.02 Å². The Morgan fingerprint density at radius 3 is 2.82 bits per heavy atom. The topological polar surface area (TPSA) is 52.2 Å². The van der Waals surface area contributed by atoms with Crippen LogP contribution in [0, 0.1) is 0 Å². The molecule has 0 aliphatic rings. The molecule has 0 saturated heterocycles. The molecule has 0 aliphatic carbocycles. The van der Waals surface area contributed by atoms with Gasteiger partial charge in [-0.25, -0.2) is 4.52 Å². The van der Waals surface area contributed by atoms with Crippen molar-refractivity contribution in [3.05, 3.63) is 64.2 Å². The fourth-order valence-electron chi connectivity index (χ4n) is 2.63. The van der Waals surface area contributed by atoms with Crippen LogP contribution in [0.1, 0.15) is 0 Å². The van der Waals surface area contributed by atoms with Crippen LogP contribution < -0.4 is 5.56 Å². The Bertz CT molecular complexity index is 1080. The minimum Gasteiger partial charge on any atom is -0.296 e. The molecule has 0 unspecified atom stereocenters. The summed E-state index contributed by atoms with van der Waals surface area (Å²) in [4.78, 5) is 16.4. The smallest absolute Gasteiger partial charge is 0.261 e. The van der Waals surface area contributed by atoms with Crippen LogP contribution in [-0.4, -0.2) is 19.2 Å². The molecule has 3 aromatic heterocycles. The van der Waals surface area contributed by atoms with Crippen molar-refractivity contribution in [3.63, 3.8) is 0 Å². The number of fused-ring (bicyclic) bond motifs is 3. The van der Waals surface area contributed by atoms with Crippen LogP contribution in [0.3, 0.4) is 0 Å². The number of pyridine rings is 1. The quantitative estimate of drug-likeness (QED) is 0.543. The third-order valence-corrected chi connectivity index (χ3v) is 4.05. The highest BCUT2D eigenvalue weighted by Crippen LogP contribution is 2.27. The van der Waals surface area contributed by atoms with Gasteiger partial charge in [-0.05, 0) is 18.2 Å². The second-order valence-corrected chi connectivity index (χ2v) is 5.44. The number of para-hydroxylation sites is 1. The van der Waals surface area contributed by atoms with Crippen LogP contribution in [-0.2, 0) is 7.05 Å². The molecule has 0 amide bonds. The Balaban J connectivity index is 2.15. The lowest BCUT2D eigenvalue weighted by Crippen LogP contribution is -2.19. The van der Waals surface area contributed by atoms with E-state index in [-0.39, 0.29) is 5.56 Å². The van der Waals surface area contributed by atoms with E-state index in [2.05, 4.69) is 10.1 Å². The number of nitrogens with zero attached hydrogens (tertiary/aromatic N) is 4. The second kappa shape index (κ2) is 4.68. The fraction of sp³-hybridized carbons (Fsp3) is 0.0625. The first-order valence-corrected chi connectivity index (χ1v) is 7.12. The van der Waals surface area contributed by atoms with Crippen molar-refractivity contribution >= 4 is 28.2 Å². The summed E-state index contributed by atoms with van der Waals surface area (Å²) in [7, 11) is 1.74. The Kier molecular flexibility index (Phi) is 2.77. The van der Waals surface area contributed by atoms with Gasteiger partial charge in [0.1, 0.15) is 5.65 Å². The van der Waals surface area contributed by atoms with Crippen molar-refractivity contribution < 1.29 is 0 Å². The maximum atomic E-state index is 12.4. The lowest BCUT2D eigenvalue weighted by molar-refractivity contribution is 0.850. The number of benzene rings is 1. The third-order valence-electron chi connectivity index (χ3n) is 3.75. The summed E-state index contributed by atoms with van der Waals surface area (Å²) >= 11 is 6.20. The SMILES string of the molecule is Cn1c(=O)c2ccccc2n2nc(-c3ccncc3Cl)cc12. The highest BCUT2D eigenvalue weighted by molar-refractivity contribution is 6.33. The Labute approximate surface area is 130 Å². The average Bonchev–Trinajstić information content (AvgIpc) is 2.98. The highest BCUT2D eigenvalue weighted by Gasteiger charge is 2.13. The van der Waals surface area contributed by atoms with E-state index < -0.39 is 0 Å². The Morgan fingerprint density at radius 1 is 1.18 bits per heavy atom. The van der Waals surface area contributed by atoms with Crippen molar-refractivity contribution in [2.24, 2.45) is 7.05 Å². The van der Waals surface area contributed by atoms with Gasteiger partial charge in [0.25, 0.3) is 5.56 Å². The summed E-state index contributed by atoms with van der Waals surface area (Å²) in [6.45, 7) is 0. The second-order valence-electron chi connectivity index (χ2n) is 5.04. The van der Waals surface area contributed by atoms with Crippen LogP contribution in [0.25, 0.3) is 27.8 Å². The van der Waals surface area contributed by atoms with E-state index in [1.807, 2.05) is 30.3 Å². The first kappa shape index (κ1) is 13.0. The maximum Gasteiger partial charge on any atom is 0.261 e. The Morgan fingerprint density at radius 2 is 2.00 bits per heavy atom. The number of rotatable bonds is 1. The Hall–Kier alpha value is -2.66. The van der Waals surface area contributed by atoms with Crippen molar-refractivity contribution in [1.82, 2.24) is 19.2 Å². The van der Waals surface area contributed by atoms with E-state index in [1.54, 1.807) is 34.6 Å². The predicted molar refractivity (Wildman–Crippen MR) is 86.2 cm³/mol. The van der Waals surface area contributed by atoms with Crippen LogP contribution >= 0.6 is 11.6 Å². The molecule has 1 aromatic carbocycles. The van der Waals surface area contributed by atoms with Gasteiger partial charge in [0.15, 0.2) is 0 Å². The minimum atomic E-state index is -0.0459. The van der Waals surface area contributed by atoms with Crippen molar-refractivity contribution in [3.8, 4) is 11.3 Å². The molecule has 0 atom stereocenters. The summed E-state index contributed by atoms with van der Waals surface area (Å²) < 4.78 is 3.36. The monoisotopic (exact) mass is 310 g/mol. The molecule has 22 heavy (non-hydrogen) atoms. The molecular weight excluding hydrogens is 300 g/mol. The minimum absolute atomic E-state index is 0.0459. The van der Waals surface area contributed by atoms with E-state index in [4.69, 9.17) is 11.6 Å². The number of hydrogen-bond acceptors (Lipinski definition) is 3. The fourth-order valence-corrected chi connectivity index (χ4v) is 2.84. The van der Waals surface area contributed by atoms with Gasteiger partial charge in [-0.1, -0.05) is 23.7 Å². The van der Waals surface area contributed by atoms with E-state index in [9.17, 15) is 4.79 Å². The molecule has 4 rings (SSSR count). The molecule has 0 spiro atoms. The number of aryl methyl sites for hydroxylation is 1. The van der Waals surface area contributed by atoms with Gasteiger partial charge in [0, 0.05) is 31.1 Å². The summed E-state index contributed by atoms with van der Waals surface area (Å²) in [6.07, 6.45) is 3.25. The van der Waals surface area contributed by atoms with E-state index in [0.29, 0.717) is 21.7 Å². The molecule has 108 valence electrons. The van der Waals surface area contributed by atoms with Gasteiger partial charge in [-0.3, -0.25) is 14.3 Å². The van der Waals surface area contributed by atoms with Gasteiger partial charge in [-0.15, -0.1) is 0 Å². The van der Waals surface area contributed by atoms with Gasteiger partial charge >= 0.3 is 0 Å². The lowest BCUT2D eigenvalue weighted by atomic mass is 10.2. The van der Waals surface area contributed by atoms with Crippen LogP contribution in [0.4, 0.5) is 0 Å². The van der Waals surface area contributed by atoms with Crippen molar-refractivity contribution in [2.75, 3.05) is 0 Å².